The van der Waals surface area contributed by atoms with E-state index in [1.54, 1.807) is 0 Å². The summed E-state index contributed by atoms with van der Waals surface area (Å²) in [6.45, 7) is 0.592. The summed E-state index contributed by atoms with van der Waals surface area (Å²) in [5, 5.41) is 19.8. The second kappa shape index (κ2) is 6.98. The predicted octanol–water partition coefficient (Wildman–Crippen LogP) is 2.75. The van der Waals surface area contributed by atoms with Crippen LogP contribution in [0.2, 0.25) is 0 Å². The molecular formula is C26H30N4O3. The molecule has 172 valence electrons. The number of pyridine rings is 1. The van der Waals surface area contributed by atoms with Crippen molar-refractivity contribution in [2.45, 2.75) is 69.4 Å². The number of carbonyl (C=O) groups excluding carboxylic acids is 2. The molecule has 1 amide bonds. The van der Waals surface area contributed by atoms with Gasteiger partial charge in [-0.1, -0.05) is 12.2 Å². The summed E-state index contributed by atoms with van der Waals surface area (Å²) in [7, 11) is 0. The van der Waals surface area contributed by atoms with Crippen LogP contribution >= 0.6 is 0 Å². The van der Waals surface area contributed by atoms with Crippen molar-refractivity contribution in [3.63, 3.8) is 0 Å². The average Bonchev–Trinajstić information content (AvgIpc) is 3.35. The van der Waals surface area contributed by atoms with Crippen LogP contribution in [-0.2, 0) is 22.4 Å². The number of nitrogens with one attached hydrogen (secondary N) is 1. The minimum absolute atomic E-state index is 0.00119. The number of fused-ring (bicyclic) bond motifs is 3. The maximum absolute atomic E-state index is 12.8. The summed E-state index contributed by atoms with van der Waals surface area (Å²) in [6.07, 6.45) is 14.1. The number of aliphatic hydroxyl groups is 1. The third-order valence-corrected chi connectivity index (χ3v) is 8.84. The number of allylic oxidation sites excluding steroid dienone is 1. The Kier molecular flexibility index (Phi) is 4.21. The van der Waals surface area contributed by atoms with Crippen molar-refractivity contribution in [3.8, 4) is 0 Å². The van der Waals surface area contributed by atoms with Crippen LogP contribution < -0.4 is 5.32 Å². The molecule has 4 bridgehead atoms. The van der Waals surface area contributed by atoms with Crippen LogP contribution in [0.25, 0.3) is 17.0 Å². The second-order valence-electron chi connectivity index (χ2n) is 11.3. The van der Waals surface area contributed by atoms with Crippen molar-refractivity contribution in [1.82, 2.24) is 20.1 Å². The van der Waals surface area contributed by atoms with E-state index in [4.69, 9.17) is 5.10 Å². The number of nitrogens with zero attached hydrogens (tertiary/aromatic N) is 3. The molecule has 8 rings (SSSR count). The van der Waals surface area contributed by atoms with Crippen LogP contribution in [0.1, 0.15) is 67.9 Å². The van der Waals surface area contributed by atoms with Gasteiger partial charge in [0, 0.05) is 30.1 Å². The highest BCUT2D eigenvalue weighted by molar-refractivity contribution is 6.36. The predicted molar refractivity (Wildman–Crippen MR) is 122 cm³/mol. The van der Waals surface area contributed by atoms with Crippen LogP contribution in [0.5, 0.6) is 0 Å². The number of rotatable bonds is 6. The smallest absolute Gasteiger partial charge is 0.287 e. The second-order valence-corrected chi connectivity index (χ2v) is 11.3. The quantitative estimate of drug-likeness (QED) is 0.665. The highest BCUT2D eigenvalue weighted by Gasteiger charge is 2.56. The van der Waals surface area contributed by atoms with Crippen LogP contribution in [0.4, 0.5) is 0 Å². The zero-order valence-corrected chi connectivity index (χ0v) is 18.8. The molecule has 0 spiro atoms. The standard InChI is InChI=1S/C26H30N4O3/c31-22(25(32)28-12-14-4-5-14)8-21-19-13-27-20-3-1-2-18(20)24(19)30(29-21)23-16-6-15-7-17(23)11-26(33,9-15)10-16/h1-2,13-17,23,33H,3-12H2,(H,28,32)/t15?,16-,17+,23?,26?. The lowest BCUT2D eigenvalue weighted by atomic mass is 9.52. The Labute approximate surface area is 192 Å². The number of hydrogen-bond donors (Lipinski definition) is 2. The molecule has 2 aromatic heterocycles. The Hall–Kier alpha value is -2.54. The van der Waals surface area contributed by atoms with E-state index in [1.807, 2.05) is 6.20 Å². The highest BCUT2D eigenvalue weighted by Crippen LogP contribution is 2.60. The molecule has 0 radical (unpaired) electrons. The van der Waals surface area contributed by atoms with Crippen molar-refractivity contribution in [3.05, 3.63) is 29.2 Å². The SMILES string of the molecule is O=C(Cc1nn(C2[C@@H]3CC4C[C@H]2CC(O)(C4)C3)c2c3c(ncc12)CC=C3)C(=O)NCC1CC1. The number of Topliss-reactive ketones (excluding diaryl/α,β-unsaturated/α-hetero) is 1. The molecule has 2 N–H and O–H groups in total. The van der Waals surface area contributed by atoms with Crippen molar-refractivity contribution < 1.29 is 14.7 Å². The van der Waals surface area contributed by atoms with Gasteiger partial charge in [0.2, 0.25) is 5.78 Å². The molecule has 7 nitrogen and oxygen atoms in total. The molecule has 6 aliphatic carbocycles. The Morgan fingerprint density at radius 2 is 1.97 bits per heavy atom. The molecule has 0 aromatic carbocycles. The number of aromatic nitrogens is 3. The van der Waals surface area contributed by atoms with E-state index in [9.17, 15) is 14.7 Å². The first-order chi connectivity index (χ1) is 16.0. The molecule has 5 saturated carbocycles. The van der Waals surface area contributed by atoms with Gasteiger partial charge in [-0.25, -0.2) is 0 Å². The minimum atomic E-state index is -0.504. The number of amides is 1. The zero-order valence-electron chi connectivity index (χ0n) is 18.8. The third kappa shape index (κ3) is 3.19. The fourth-order valence-corrected chi connectivity index (χ4v) is 7.46. The first-order valence-electron chi connectivity index (χ1n) is 12.6. The van der Waals surface area contributed by atoms with Gasteiger partial charge in [-0.2, -0.15) is 5.10 Å². The number of hydrogen-bond acceptors (Lipinski definition) is 5. The Morgan fingerprint density at radius 3 is 2.70 bits per heavy atom. The number of carbonyl (C=O) groups is 2. The molecule has 7 heteroatoms. The van der Waals surface area contributed by atoms with E-state index in [0.717, 1.165) is 73.5 Å². The van der Waals surface area contributed by atoms with Crippen LogP contribution in [0, 0.1) is 23.7 Å². The molecule has 2 heterocycles. The van der Waals surface area contributed by atoms with E-state index in [1.165, 1.54) is 0 Å². The lowest BCUT2D eigenvalue weighted by Gasteiger charge is -2.58. The summed E-state index contributed by atoms with van der Waals surface area (Å²) in [5.74, 6) is 1.03. The molecule has 3 unspecified atom stereocenters. The Balaban J connectivity index is 1.27. The van der Waals surface area contributed by atoms with Gasteiger partial charge in [0.05, 0.1) is 35.0 Å². The number of ketones is 1. The average molecular weight is 447 g/mol. The van der Waals surface area contributed by atoms with Crippen molar-refractivity contribution in [1.29, 1.82) is 0 Å². The molecule has 0 aliphatic heterocycles. The molecule has 0 saturated heterocycles. The van der Waals surface area contributed by atoms with Gasteiger partial charge in [-0.3, -0.25) is 19.3 Å². The fraction of sp³-hybridized carbons (Fsp3) is 0.615. The molecule has 33 heavy (non-hydrogen) atoms. The minimum Gasteiger partial charge on any atom is -0.390 e. The molecule has 5 atom stereocenters. The van der Waals surface area contributed by atoms with Crippen LogP contribution in [0.15, 0.2) is 12.3 Å². The van der Waals surface area contributed by atoms with Crippen molar-refractivity contribution >= 4 is 28.7 Å². The molecule has 2 aromatic rings. The fourth-order valence-electron chi connectivity index (χ4n) is 7.46. The topological polar surface area (TPSA) is 97.1 Å². The maximum Gasteiger partial charge on any atom is 0.287 e. The van der Waals surface area contributed by atoms with E-state index in [0.29, 0.717) is 35.9 Å². The molecule has 6 aliphatic rings. The monoisotopic (exact) mass is 446 g/mol. The van der Waals surface area contributed by atoms with Crippen LogP contribution in [0.3, 0.4) is 0 Å². The van der Waals surface area contributed by atoms with Gasteiger partial charge in [-0.15, -0.1) is 0 Å². The van der Waals surface area contributed by atoms with Gasteiger partial charge in [0.25, 0.3) is 5.91 Å². The summed E-state index contributed by atoms with van der Waals surface area (Å²) < 4.78 is 2.17. The van der Waals surface area contributed by atoms with Crippen molar-refractivity contribution in [2.24, 2.45) is 23.7 Å². The van der Waals surface area contributed by atoms with Crippen molar-refractivity contribution in [2.75, 3.05) is 6.54 Å². The van der Waals surface area contributed by atoms with Gasteiger partial charge >= 0.3 is 0 Å². The Bertz CT molecular complexity index is 1190. The first kappa shape index (κ1) is 19.9. The van der Waals surface area contributed by atoms with Gasteiger partial charge < -0.3 is 10.4 Å². The van der Waals surface area contributed by atoms with Gasteiger partial charge in [-0.05, 0) is 68.6 Å². The van der Waals surface area contributed by atoms with Gasteiger partial charge in [0.1, 0.15) is 0 Å². The lowest BCUT2D eigenvalue weighted by molar-refractivity contribution is -0.148. The highest BCUT2D eigenvalue weighted by atomic mass is 16.3. The largest absolute Gasteiger partial charge is 0.390 e. The van der Waals surface area contributed by atoms with Crippen LogP contribution in [-0.4, -0.2) is 43.7 Å². The lowest BCUT2D eigenvalue weighted by Crippen LogP contribution is -2.55. The normalized spacial score (nSPS) is 33.6. The van der Waals surface area contributed by atoms with E-state index in [-0.39, 0.29) is 12.5 Å². The van der Waals surface area contributed by atoms with E-state index in [2.05, 4.69) is 27.1 Å². The maximum atomic E-state index is 12.8. The summed E-state index contributed by atoms with van der Waals surface area (Å²) in [4.78, 5) is 29.8. The van der Waals surface area contributed by atoms with E-state index >= 15 is 0 Å². The summed E-state index contributed by atoms with van der Waals surface area (Å²) in [5.41, 5.74) is 3.35. The zero-order chi connectivity index (χ0) is 22.3. The summed E-state index contributed by atoms with van der Waals surface area (Å²) in [6, 6.07) is 0.234. The molecular weight excluding hydrogens is 416 g/mol. The molecule has 5 fully saturated rings. The summed E-state index contributed by atoms with van der Waals surface area (Å²) >= 11 is 0. The van der Waals surface area contributed by atoms with Gasteiger partial charge in [0.15, 0.2) is 0 Å². The van der Waals surface area contributed by atoms with E-state index < -0.39 is 17.3 Å². The third-order valence-electron chi connectivity index (χ3n) is 8.84. The first-order valence-corrected chi connectivity index (χ1v) is 12.6. The Morgan fingerprint density at radius 1 is 1.18 bits per heavy atom.